The van der Waals surface area contributed by atoms with Gasteiger partial charge in [0.1, 0.15) is 5.75 Å². The highest BCUT2D eigenvalue weighted by atomic mass is 79.9. The summed E-state index contributed by atoms with van der Waals surface area (Å²) in [7, 11) is 1.75. The van der Waals surface area contributed by atoms with Gasteiger partial charge in [-0.1, -0.05) is 22.9 Å². The minimum atomic E-state index is 0.456. The third kappa shape index (κ3) is 3.27. The molecule has 1 aromatic carbocycles. The molecule has 2 saturated heterocycles. The van der Waals surface area contributed by atoms with Crippen molar-refractivity contribution >= 4 is 15.9 Å². The van der Waals surface area contributed by atoms with E-state index < -0.39 is 0 Å². The van der Waals surface area contributed by atoms with Crippen molar-refractivity contribution in [2.75, 3.05) is 13.7 Å². The van der Waals surface area contributed by atoms with Gasteiger partial charge in [-0.15, -0.1) is 0 Å². The average molecular weight is 354 g/mol. The monoisotopic (exact) mass is 353 g/mol. The van der Waals surface area contributed by atoms with Crippen LogP contribution < -0.4 is 10.1 Å². The Labute approximate surface area is 135 Å². The number of hydrogen-bond donors (Lipinski definition) is 1. The molecule has 0 amide bonds. The van der Waals surface area contributed by atoms with Crippen molar-refractivity contribution in [1.82, 2.24) is 5.32 Å². The Bertz CT molecular complexity index is 494. The average Bonchev–Trinajstić information content (AvgIpc) is 3.10. The minimum absolute atomic E-state index is 0.456. The molecule has 0 aromatic heterocycles. The molecule has 2 aliphatic heterocycles. The Morgan fingerprint density at radius 3 is 2.90 bits per heavy atom. The van der Waals surface area contributed by atoms with Gasteiger partial charge in [0.05, 0.1) is 19.3 Å². The summed E-state index contributed by atoms with van der Waals surface area (Å²) in [5.74, 6) is 1.61. The number of hydrogen-bond acceptors (Lipinski definition) is 3. The smallest absolute Gasteiger partial charge is 0.122 e. The van der Waals surface area contributed by atoms with Gasteiger partial charge in [0.15, 0.2) is 0 Å². The summed E-state index contributed by atoms with van der Waals surface area (Å²) in [6.45, 7) is 3.17. The first-order chi connectivity index (χ1) is 10.2. The lowest BCUT2D eigenvalue weighted by Gasteiger charge is -2.29. The molecule has 2 fully saturated rings. The summed E-state index contributed by atoms with van der Waals surface area (Å²) in [6, 6.07) is 6.72. The third-order valence-corrected chi connectivity index (χ3v) is 5.31. The van der Waals surface area contributed by atoms with Crippen LogP contribution in [0.3, 0.4) is 0 Å². The van der Waals surface area contributed by atoms with E-state index in [0.29, 0.717) is 24.2 Å². The normalized spacial score (nSPS) is 28.8. The number of benzene rings is 1. The van der Waals surface area contributed by atoms with Gasteiger partial charge in [0, 0.05) is 16.4 Å². The second-order valence-corrected chi connectivity index (χ2v) is 7.01. The molecular weight excluding hydrogens is 330 g/mol. The summed E-state index contributed by atoms with van der Waals surface area (Å²) in [6.07, 6.45) is 5.64. The van der Waals surface area contributed by atoms with Crippen LogP contribution in [0.4, 0.5) is 0 Å². The lowest BCUT2D eigenvalue weighted by atomic mass is 9.81. The first-order valence-electron chi connectivity index (χ1n) is 7.92. The molecule has 0 aliphatic carbocycles. The number of ether oxygens (including phenoxy) is 2. The lowest BCUT2D eigenvalue weighted by Crippen LogP contribution is -2.42. The van der Waals surface area contributed by atoms with Gasteiger partial charge in [0.2, 0.25) is 0 Å². The van der Waals surface area contributed by atoms with E-state index in [-0.39, 0.29) is 0 Å². The standard InChI is InChI=1S/C17H24BrNO2/c1-3-19-15(14-10-13-5-7-17(14)21-13)9-11-8-12(18)4-6-16(11)20-2/h4,6,8,13-15,17,19H,3,5,7,9-10H2,1-2H3. The van der Waals surface area contributed by atoms with Crippen molar-refractivity contribution in [2.45, 2.75) is 50.9 Å². The number of methoxy groups -OCH3 is 1. The van der Waals surface area contributed by atoms with Crippen LogP contribution in [-0.4, -0.2) is 31.9 Å². The largest absolute Gasteiger partial charge is 0.496 e. The van der Waals surface area contributed by atoms with Gasteiger partial charge in [0.25, 0.3) is 0 Å². The summed E-state index contributed by atoms with van der Waals surface area (Å²) in [4.78, 5) is 0. The molecule has 3 rings (SSSR count). The van der Waals surface area contributed by atoms with E-state index in [1.54, 1.807) is 7.11 Å². The Morgan fingerprint density at radius 2 is 2.29 bits per heavy atom. The van der Waals surface area contributed by atoms with Crippen molar-refractivity contribution in [1.29, 1.82) is 0 Å². The summed E-state index contributed by atoms with van der Waals surface area (Å²) in [5.41, 5.74) is 1.26. The zero-order valence-electron chi connectivity index (χ0n) is 12.8. The Balaban J connectivity index is 1.77. The maximum atomic E-state index is 6.05. The summed E-state index contributed by atoms with van der Waals surface area (Å²) >= 11 is 3.57. The number of fused-ring (bicyclic) bond motifs is 2. The quantitative estimate of drug-likeness (QED) is 0.848. The van der Waals surface area contributed by atoms with Crippen molar-refractivity contribution in [3.8, 4) is 5.75 Å². The van der Waals surface area contributed by atoms with Crippen LogP contribution in [-0.2, 0) is 11.2 Å². The zero-order chi connectivity index (χ0) is 14.8. The van der Waals surface area contributed by atoms with Crippen molar-refractivity contribution < 1.29 is 9.47 Å². The SMILES string of the molecule is CCNC(Cc1cc(Br)ccc1OC)C1CC2CCC1O2. The van der Waals surface area contributed by atoms with Gasteiger partial charge >= 0.3 is 0 Å². The van der Waals surface area contributed by atoms with Crippen LogP contribution in [0.1, 0.15) is 31.7 Å². The molecule has 116 valence electrons. The topological polar surface area (TPSA) is 30.5 Å². The Kier molecular flexibility index (Phi) is 4.87. The van der Waals surface area contributed by atoms with E-state index in [4.69, 9.17) is 9.47 Å². The van der Waals surface area contributed by atoms with E-state index in [1.807, 2.05) is 12.1 Å². The van der Waals surface area contributed by atoms with Crippen LogP contribution in [0.5, 0.6) is 5.75 Å². The zero-order valence-corrected chi connectivity index (χ0v) is 14.4. The van der Waals surface area contributed by atoms with E-state index in [2.05, 4.69) is 34.2 Å². The number of rotatable bonds is 6. The van der Waals surface area contributed by atoms with Crippen molar-refractivity contribution in [2.24, 2.45) is 5.92 Å². The molecule has 4 atom stereocenters. The fourth-order valence-corrected chi connectivity index (χ4v) is 4.29. The highest BCUT2D eigenvalue weighted by molar-refractivity contribution is 9.10. The minimum Gasteiger partial charge on any atom is -0.496 e. The van der Waals surface area contributed by atoms with Gasteiger partial charge in [-0.2, -0.15) is 0 Å². The first kappa shape index (κ1) is 15.3. The van der Waals surface area contributed by atoms with E-state index >= 15 is 0 Å². The van der Waals surface area contributed by atoms with Crippen LogP contribution in [0, 0.1) is 5.92 Å². The van der Waals surface area contributed by atoms with Gasteiger partial charge in [-0.25, -0.2) is 0 Å². The molecule has 1 aromatic rings. The summed E-state index contributed by atoms with van der Waals surface area (Å²) < 4.78 is 12.7. The van der Waals surface area contributed by atoms with Crippen LogP contribution in [0.15, 0.2) is 22.7 Å². The van der Waals surface area contributed by atoms with Crippen molar-refractivity contribution in [3.05, 3.63) is 28.2 Å². The maximum absolute atomic E-state index is 6.05. The van der Waals surface area contributed by atoms with Crippen molar-refractivity contribution in [3.63, 3.8) is 0 Å². The van der Waals surface area contributed by atoms with E-state index in [9.17, 15) is 0 Å². The first-order valence-corrected chi connectivity index (χ1v) is 8.71. The number of nitrogens with one attached hydrogen (secondary N) is 1. The second kappa shape index (κ2) is 6.67. The molecule has 4 unspecified atom stereocenters. The molecule has 4 heteroatoms. The molecule has 0 spiro atoms. The Morgan fingerprint density at radius 1 is 1.43 bits per heavy atom. The number of likely N-dealkylation sites (N-methyl/N-ethyl adjacent to an activating group) is 1. The molecule has 2 heterocycles. The van der Waals surface area contributed by atoms with E-state index in [1.165, 1.54) is 24.8 Å². The Hall–Kier alpha value is -0.580. The predicted molar refractivity (Wildman–Crippen MR) is 87.9 cm³/mol. The fourth-order valence-electron chi connectivity index (χ4n) is 3.88. The molecule has 21 heavy (non-hydrogen) atoms. The second-order valence-electron chi connectivity index (χ2n) is 6.10. The highest BCUT2D eigenvalue weighted by Crippen LogP contribution is 2.41. The molecule has 0 saturated carbocycles. The van der Waals surface area contributed by atoms with Crippen LogP contribution in [0.2, 0.25) is 0 Å². The lowest BCUT2D eigenvalue weighted by molar-refractivity contribution is 0.0858. The highest BCUT2D eigenvalue weighted by Gasteiger charge is 2.44. The predicted octanol–water partition coefficient (Wildman–Crippen LogP) is 3.55. The van der Waals surface area contributed by atoms with Gasteiger partial charge < -0.3 is 14.8 Å². The molecule has 2 aliphatic rings. The maximum Gasteiger partial charge on any atom is 0.122 e. The van der Waals surface area contributed by atoms with Gasteiger partial charge in [-0.05, 0) is 56.0 Å². The molecule has 0 radical (unpaired) electrons. The fraction of sp³-hybridized carbons (Fsp3) is 0.647. The van der Waals surface area contributed by atoms with Crippen LogP contribution >= 0.6 is 15.9 Å². The number of halogens is 1. The van der Waals surface area contributed by atoms with E-state index in [0.717, 1.165) is 23.2 Å². The van der Waals surface area contributed by atoms with Crippen LogP contribution in [0.25, 0.3) is 0 Å². The molecule has 1 N–H and O–H groups in total. The molecular formula is C17H24BrNO2. The molecule has 3 nitrogen and oxygen atoms in total. The van der Waals surface area contributed by atoms with Gasteiger partial charge in [-0.3, -0.25) is 0 Å². The molecule has 2 bridgehead atoms. The summed E-state index contributed by atoms with van der Waals surface area (Å²) in [5, 5.41) is 3.68. The third-order valence-electron chi connectivity index (χ3n) is 4.82.